The maximum Gasteiger partial charge on any atom is 0.277 e. The molecule has 5 N–H and O–H groups in total. The van der Waals surface area contributed by atoms with Crippen molar-refractivity contribution in [2.75, 3.05) is 36.1 Å². The first-order valence-corrected chi connectivity index (χ1v) is 6.04. The summed E-state index contributed by atoms with van der Waals surface area (Å²) in [6.45, 7) is 6.11. The molecule has 0 aliphatic carbocycles. The molecule has 20 heavy (non-hydrogen) atoms. The van der Waals surface area contributed by atoms with Crippen molar-refractivity contribution >= 4 is 42.3 Å². The van der Waals surface area contributed by atoms with Crippen molar-refractivity contribution in [3.63, 3.8) is 0 Å². The van der Waals surface area contributed by atoms with Crippen molar-refractivity contribution in [1.82, 2.24) is 9.97 Å². The van der Waals surface area contributed by atoms with Crippen LogP contribution < -0.4 is 21.9 Å². The zero-order valence-corrected chi connectivity index (χ0v) is 13.1. The molecule has 7 nitrogen and oxygen atoms in total. The molecule has 0 amide bonds. The molecule has 2 rings (SSSR count). The van der Waals surface area contributed by atoms with Crippen LogP contribution in [0, 0.1) is 5.92 Å². The Labute approximate surface area is 129 Å². The highest BCUT2D eigenvalue weighted by Gasteiger charge is 2.21. The Balaban J connectivity index is 0.00000180. The molecule has 0 saturated heterocycles. The minimum absolute atomic E-state index is 0. The zero-order chi connectivity index (χ0) is 13.1. The largest absolute Gasteiger partial charge is 0.379 e. The average molecular weight is 326 g/mol. The Bertz CT molecular complexity index is 480. The van der Waals surface area contributed by atoms with E-state index in [9.17, 15) is 4.79 Å². The molecular weight excluding hydrogens is 305 g/mol. The second kappa shape index (κ2) is 8.18. The average Bonchev–Trinajstić information content (AvgIpc) is 2.29. The van der Waals surface area contributed by atoms with Gasteiger partial charge in [-0.05, 0) is 5.92 Å². The summed E-state index contributed by atoms with van der Waals surface area (Å²) in [5, 5.41) is 6.20. The third-order valence-electron chi connectivity index (χ3n) is 2.57. The highest BCUT2D eigenvalue weighted by Crippen LogP contribution is 2.19. The van der Waals surface area contributed by atoms with Gasteiger partial charge in [-0.25, -0.2) is 0 Å². The van der Waals surface area contributed by atoms with Crippen molar-refractivity contribution in [3.8, 4) is 0 Å². The Kier molecular flexibility index (Phi) is 7.70. The summed E-state index contributed by atoms with van der Waals surface area (Å²) in [5.74, 6) is 1.11. The molecule has 2 heterocycles. The fourth-order valence-corrected chi connectivity index (χ4v) is 1.77. The molecule has 9 heteroatoms. The van der Waals surface area contributed by atoms with E-state index in [1.165, 1.54) is 0 Å². The van der Waals surface area contributed by atoms with Gasteiger partial charge in [0.2, 0.25) is 5.95 Å². The fraction of sp³-hybridized carbons (Fsp3) is 0.636. The molecule has 1 unspecified atom stereocenters. The first-order chi connectivity index (χ1) is 8.56. The lowest BCUT2D eigenvalue weighted by Crippen LogP contribution is -2.40. The Morgan fingerprint density at radius 1 is 1.45 bits per heavy atom. The lowest BCUT2D eigenvalue weighted by atomic mass is 10.2. The van der Waals surface area contributed by atoms with E-state index in [0.717, 1.165) is 0 Å². The Morgan fingerprint density at radius 2 is 2.15 bits per heavy atom. The van der Waals surface area contributed by atoms with E-state index in [-0.39, 0.29) is 42.4 Å². The van der Waals surface area contributed by atoms with Crippen molar-refractivity contribution < 1.29 is 4.74 Å². The van der Waals surface area contributed by atoms with E-state index in [0.29, 0.717) is 37.2 Å². The highest BCUT2D eigenvalue weighted by molar-refractivity contribution is 5.85. The Hall–Kier alpha value is -1.18. The normalized spacial score (nSPS) is 16.2. The lowest BCUT2D eigenvalue weighted by Gasteiger charge is -2.26. The summed E-state index contributed by atoms with van der Waals surface area (Å²) in [4.78, 5) is 18.2. The third-order valence-corrected chi connectivity index (χ3v) is 2.57. The van der Waals surface area contributed by atoms with Gasteiger partial charge in [-0.15, -0.1) is 24.8 Å². The number of fused-ring (bicyclic) bond motifs is 1. The van der Waals surface area contributed by atoms with E-state index in [2.05, 4.69) is 34.4 Å². The van der Waals surface area contributed by atoms with Crippen LogP contribution in [0.25, 0.3) is 0 Å². The van der Waals surface area contributed by atoms with Crippen molar-refractivity contribution in [2.24, 2.45) is 5.92 Å². The van der Waals surface area contributed by atoms with Gasteiger partial charge in [-0.1, -0.05) is 13.8 Å². The van der Waals surface area contributed by atoms with E-state index in [1.807, 2.05) is 0 Å². The number of nitrogens with two attached hydrogens (primary N) is 1. The summed E-state index contributed by atoms with van der Waals surface area (Å²) < 4.78 is 5.55. The van der Waals surface area contributed by atoms with Crippen LogP contribution >= 0.6 is 24.8 Å². The maximum absolute atomic E-state index is 11.7. The van der Waals surface area contributed by atoms with E-state index in [1.54, 1.807) is 0 Å². The number of ether oxygens (including phenoxy) is 1. The van der Waals surface area contributed by atoms with E-state index >= 15 is 0 Å². The summed E-state index contributed by atoms with van der Waals surface area (Å²) in [5.41, 5.74) is 5.63. The van der Waals surface area contributed by atoms with Gasteiger partial charge in [0.05, 0.1) is 12.6 Å². The first kappa shape index (κ1) is 18.8. The number of H-pyrrole nitrogens is 1. The molecule has 116 valence electrons. The van der Waals surface area contributed by atoms with Gasteiger partial charge in [0, 0.05) is 13.2 Å². The molecule has 0 aromatic carbocycles. The van der Waals surface area contributed by atoms with Crippen LogP contribution in [0.15, 0.2) is 4.79 Å². The topological polar surface area (TPSA) is 105 Å². The van der Waals surface area contributed by atoms with Gasteiger partial charge in [-0.3, -0.25) is 9.78 Å². The van der Waals surface area contributed by atoms with Crippen LogP contribution in [-0.4, -0.2) is 35.8 Å². The number of hydrogen-bond acceptors (Lipinski definition) is 6. The van der Waals surface area contributed by atoms with Crippen LogP contribution in [0.1, 0.15) is 13.8 Å². The SMILES string of the molecule is CC(C)COCC1CNc2nc(N)[nH]c(=O)c2N1.Cl.Cl. The van der Waals surface area contributed by atoms with Crippen LogP contribution in [-0.2, 0) is 4.74 Å². The molecule has 0 radical (unpaired) electrons. The van der Waals surface area contributed by atoms with E-state index in [4.69, 9.17) is 10.5 Å². The predicted molar refractivity (Wildman–Crippen MR) is 85.3 cm³/mol. The number of nitrogen functional groups attached to an aromatic ring is 1. The van der Waals surface area contributed by atoms with Crippen molar-refractivity contribution in [3.05, 3.63) is 10.4 Å². The number of hydrogen-bond donors (Lipinski definition) is 4. The van der Waals surface area contributed by atoms with E-state index < -0.39 is 0 Å². The van der Waals surface area contributed by atoms with Crippen molar-refractivity contribution in [1.29, 1.82) is 0 Å². The molecule has 1 atom stereocenters. The van der Waals surface area contributed by atoms with Gasteiger partial charge in [0.1, 0.15) is 5.69 Å². The minimum atomic E-state index is -0.265. The number of halogens is 2. The molecule has 0 spiro atoms. The quantitative estimate of drug-likeness (QED) is 0.660. The molecule has 1 aliphatic rings. The molecule has 0 fully saturated rings. The Morgan fingerprint density at radius 3 is 2.80 bits per heavy atom. The van der Waals surface area contributed by atoms with Gasteiger partial charge < -0.3 is 21.1 Å². The minimum Gasteiger partial charge on any atom is -0.379 e. The predicted octanol–water partition coefficient (Wildman–Crippen LogP) is 1.07. The first-order valence-electron chi connectivity index (χ1n) is 6.04. The zero-order valence-electron chi connectivity index (χ0n) is 11.4. The molecule has 1 aromatic heterocycles. The maximum atomic E-state index is 11.7. The van der Waals surface area contributed by atoms with Gasteiger partial charge in [0.25, 0.3) is 5.56 Å². The third kappa shape index (κ3) is 4.73. The standard InChI is InChI=1S/C11H19N5O2.2ClH/c1-6(2)4-18-5-7-3-13-9-8(14-7)10(17)16-11(12)15-9;;/h6-7,14H,3-5H2,1-2H3,(H4,12,13,15,16,17);2*1H. The van der Waals surface area contributed by atoms with Gasteiger partial charge in [-0.2, -0.15) is 4.98 Å². The van der Waals surface area contributed by atoms with Crippen LogP contribution in [0.5, 0.6) is 0 Å². The second-order valence-corrected chi connectivity index (χ2v) is 4.83. The van der Waals surface area contributed by atoms with Gasteiger partial charge in [0.15, 0.2) is 5.82 Å². The second-order valence-electron chi connectivity index (χ2n) is 4.83. The molecule has 0 bridgehead atoms. The van der Waals surface area contributed by atoms with Crippen LogP contribution in [0.3, 0.4) is 0 Å². The number of aromatic nitrogens is 2. The summed E-state index contributed by atoms with van der Waals surface area (Å²) >= 11 is 0. The summed E-state index contributed by atoms with van der Waals surface area (Å²) in [7, 11) is 0. The van der Waals surface area contributed by atoms with Crippen LogP contribution in [0.4, 0.5) is 17.5 Å². The number of anilines is 3. The lowest BCUT2D eigenvalue weighted by molar-refractivity contribution is 0.103. The molecule has 1 aliphatic heterocycles. The number of nitrogens with zero attached hydrogens (tertiary/aromatic N) is 1. The molecular formula is C11H21Cl2N5O2. The summed E-state index contributed by atoms with van der Waals surface area (Å²) in [6, 6.07) is 0.0581. The van der Waals surface area contributed by atoms with Crippen LogP contribution in [0.2, 0.25) is 0 Å². The smallest absolute Gasteiger partial charge is 0.277 e. The fourth-order valence-electron chi connectivity index (χ4n) is 1.77. The molecule has 1 aromatic rings. The van der Waals surface area contributed by atoms with Gasteiger partial charge >= 0.3 is 0 Å². The summed E-state index contributed by atoms with van der Waals surface area (Å²) in [6.07, 6.45) is 0. The monoisotopic (exact) mass is 325 g/mol. The number of rotatable bonds is 4. The number of nitrogens with one attached hydrogen (secondary N) is 3. The van der Waals surface area contributed by atoms with Crippen molar-refractivity contribution in [2.45, 2.75) is 19.9 Å². The highest BCUT2D eigenvalue weighted by atomic mass is 35.5. The molecule has 0 saturated carbocycles. The number of aromatic amines is 1.